The third-order valence-corrected chi connectivity index (χ3v) is 4.15. The highest BCUT2D eigenvalue weighted by Gasteiger charge is 2.29. The minimum atomic E-state index is -0.419. The van der Waals surface area contributed by atoms with Crippen molar-refractivity contribution in [2.24, 2.45) is 0 Å². The third kappa shape index (κ3) is 3.16. The SMILES string of the molecule is CC(O)c1ccc(SCc2noc(C3CC3)n2)cc1. The van der Waals surface area contributed by atoms with Crippen molar-refractivity contribution < 1.29 is 9.63 Å². The summed E-state index contributed by atoms with van der Waals surface area (Å²) in [5, 5.41) is 13.4. The zero-order valence-electron chi connectivity index (χ0n) is 10.7. The van der Waals surface area contributed by atoms with Crippen LogP contribution in [0.2, 0.25) is 0 Å². The van der Waals surface area contributed by atoms with E-state index in [1.165, 1.54) is 12.8 Å². The van der Waals surface area contributed by atoms with Gasteiger partial charge in [0.15, 0.2) is 5.82 Å². The highest BCUT2D eigenvalue weighted by molar-refractivity contribution is 7.98. The molecule has 1 unspecified atom stereocenters. The molecule has 1 N–H and O–H groups in total. The fourth-order valence-corrected chi connectivity index (χ4v) is 2.55. The van der Waals surface area contributed by atoms with Crippen LogP contribution in [0.5, 0.6) is 0 Å². The summed E-state index contributed by atoms with van der Waals surface area (Å²) < 4.78 is 5.22. The zero-order valence-corrected chi connectivity index (χ0v) is 11.6. The van der Waals surface area contributed by atoms with E-state index in [2.05, 4.69) is 10.1 Å². The van der Waals surface area contributed by atoms with E-state index in [0.29, 0.717) is 11.7 Å². The molecule has 5 heteroatoms. The van der Waals surface area contributed by atoms with Crippen LogP contribution in [0.25, 0.3) is 0 Å². The van der Waals surface area contributed by atoms with Crippen LogP contribution >= 0.6 is 11.8 Å². The molecule has 100 valence electrons. The average Bonchev–Trinajstić information content (AvgIpc) is 3.16. The normalized spacial score (nSPS) is 16.5. The first kappa shape index (κ1) is 12.7. The van der Waals surface area contributed by atoms with E-state index in [9.17, 15) is 5.11 Å². The first-order valence-electron chi connectivity index (χ1n) is 6.45. The molecule has 19 heavy (non-hydrogen) atoms. The molecule has 0 amide bonds. The molecule has 0 bridgehead atoms. The molecule has 1 saturated carbocycles. The molecule has 1 aliphatic rings. The van der Waals surface area contributed by atoms with Crippen LogP contribution < -0.4 is 0 Å². The smallest absolute Gasteiger partial charge is 0.229 e. The second kappa shape index (κ2) is 5.35. The van der Waals surface area contributed by atoms with Crippen molar-refractivity contribution in [3.63, 3.8) is 0 Å². The summed E-state index contributed by atoms with van der Waals surface area (Å²) in [5.41, 5.74) is 0.930. The number of aromatic nitrogens is 2. The molecule has 2 aromatic rings. The maximum absolute atomic E-state index is 9.44. The van der Waals surface area contributed by atoms with E-state index in [1.807, 2.05) is 24.3 Å². The monoisotopic (exact) mass is 276 g/mol. The molecule has 4 nitrogen and oxygen atoms in total. The van der Waals surface area contributed by atoms with Gasteiger partial charge in [0, 0.05) is 10.8 Å². The van der Waals surface area contributed by atoms with Gasteiger partial charge in [-0.05, 0) is 37.5 Å². The van der Waals surface area contributed by atoms with Crippen molar-refractivity contribution in [2.75, 3.05) is 0 Å². The summed E-state index contributed by atoms with van der Waals surface area (Å²) >= 11 is 1.67. The van der Waals surface area contributed by atoms with Crippen LogP contribution in [0, 0.1) is 0 Å². The number of hydrogen-bond donors (Lipinski definition) is 1. The van der Waals surface area contributed by atoms with E-state index in [-0.39, 0.29) is 0 Å². The standard InChI is InChI=1S/C14H16N2O2S/c1-9(17)10-4-6-12(7-5-10)19-8-13-15-14(18-16-13)11-2-3-11/h4-7,9,11,17H,2-3,8H2,1H3. The lowest BCUT2D eigenvalue weighted by atomic mass is 10.1. The molecule has 0 aliphatic heterocycles. The van der Waals surface area contributed by atoms with Gasteiger partial charge in [0.2, 0.25) is 5.89 Å². The largest absolute Gasteiger partial charge is 0.389 e. The zero-order chi connectivity index (χ0) is 13.2. The number of nitrogens with zero attached hydrogens (tertiary/aromatic N) is 2. The summed E-state index contributed by atoms with van der Waals surface area (Å²) in [4.78, 5) is 5.54. The van der Waals surface area contributed by atoms with Gasteiger partial charge in [-0.3, -0.25) is 0 Å². The Morgan fingerprint density at radius 2 is 2.11 bits per heavy atom. The summed E-state index contributed by atoms with van der Waals surface area (Å²) in [6.45, 7) is 1.76. The van der Waals surface area contributed by atoms with Gasteiger partial charge in [-0.25, -0.2) is 0 Å². The molecule has 0 radical (unpaired) electrons. The van der Waals surface area contributed by atoms with Crippen LogP contribution in [0.3, 0.4) is 0 Å². The van der Waals surface area contributed by atoms with Crippen LogP contribution in [0.15, 0.2) is 33.7 Å². The molecule has 1 fully saturated rings. The lowest BCUT2D eigenvalue weighted by Gasteiger charge is -2.05. The number of rotatable bonds is 5. The minimum Gasteiger partial charge on any atom is -0.389 e. The van der Waals surface area contributed by atoms with E-state index < -0.39 is 6.10 Å². The molecular weight excluding hydrogens is 260 g/mol. The van der Waals surface area contributed by atoms with E-state index in [4.69, 9.17) is 4.52 Å². The number of thioether (sulfide) groups is 1. The van der Waals surface area contributed by atoms with Crippen molar-refractivity contribution >= 4 is 11.8 Å². The lowest BCUT2D eigenvalue weighted by Crippen LogP contribution is -1.90. The van der Waals surface area contributed by atoms with Crippen LogP contribution in [-0.2, 0) is 5.75 Å². The Hall–Kier alpha value is -1.33. The van der Waals surface area contributed by atoms with Crippen LogP contribution in [-0.4, -0.2) is 15.2 Å². The Morgan fingerprint density at radius 1 is 1.37 bits per heavy atom. The van der Waals surface area contributed by atoms with Gasteiger partial charge >= 0.3 is 0 Å². The van der Waals surface area contributed by atoms with Gasteiger partial charge in [0.1, 0.15) is 0 Å². The van der Waals surface area contributed by atoms with Crippen LogP contribution in [0.4, 0.5) is 0 Å². The van der Waals surface area contributed by atoms with E-state index >= 15 is 0 Å². The molecule has 0 saturated heterocycles. The fraction of sp³-hybridized carbons (Fsp3) is 0.429. The van der Waals surface area contributed by atoms with Gasteiger partial charge in [-0.2, -0.15) is 4.98 Å². The predicted octanol–water partition coefficient (Wildman–Crippen LogP) is 3.29. The summed E-state index contributed by atoms with van der Waals surface area (Å²) in [7, 11) is 0. The summed E-state index contributed by atoms with van der Waals surface area (Å²) in [6.07, 6.45) is 1.93. The van der Waals surface area contributed by atoms with Gasteiger partial charge in [-0.15, -0.1) is 11.8 Å². The van der Waals surface area contributed by atoms with Crippen molar-refractivity contribution in [3.05, 3.63) is 41.5 Å². The van der Waals surface area contributed by atoms with Crippen LogP contribution in [0.1, 0.15) is 49.1 Å². The second-order valence-electron chi connectivity index (χ2n) is 4.86. The predicted molar refractivity (Wildman–Crippen MR) is 72.9 cm³/mol. The molecule has 1 heterocycles. The first-order chi connectivity index (χ1) is 9.22. The highest BCUT2D eigenvalue weighted by Crippen LogP contribution is 2.39. The molecule has 1 aliphatic carbocycles. The van der Waals surface area contributed by atoms with Gasteiger partial charge < -0.3 is 9.63 Å². The van der Waals surface area contributed by atoms with Crippen molar-refractivity contribution in [1.82, 2.24) is 10.1 Å². The molecule has 0 spiro atoms. The molecule has 3 rings (SSSR count). The Morgan fingerprint density at radius 3 is 2.74 bits per heavy atom. The Balaban J connectivity index is 1.58. The molecule has 1 aromatic carbocycles. The Labute approximate surface area is 116 Å². The van der Waals surface area contributed by atoms with Crippen molar-refractivity contribution in [1.29, 1.82) is 0 Å². The molecular formula is C14H16N2O2S. The van der Waals surface area contributed by atoms with Gasteiger partial charge in [0.05, 0.1) is 11.9 Å². The average molecular weight is 276 g/mol. The van der Waals surface area contributed by atoms with Gasteiger partial charge in [0.25, 0.3) is 0 Å². The highest BCUT2D eigenvalue weighted by atomic mass is 32.2. The summed E-state index contributed by atoms with van der Waals surface area (Å²) in [5.74, 6) is 2.77. The Kier molecular flexibility index (Phi) is 3.57. The topological polar surface area (TPSA) is 59.2 Å². The molecule has 1 aromatic heterocycles. The maximum Gasteiger partial charge on any atom is 0.229 e. The number of aliphatic hydroxyl groups excluding tert-OH is 1. The number of hydrogen-bond acceptors (Lipinski definition) is 5. The van der Waals surface area contributed by atoms with E-state index in [0.717, 1.165) is 22.2 Å². The second-order valence-corrected chi connectivity index (χ2v) is 5.91. The fourth-order valence-electron chi connectivity index (χ4n) is 1.81. The third-order valence-electron chi connectivity index (χ3n) is 3.14. The number of benzene rings is 1. The van der Waals surface area contributed by atoms with Crippen molar-refractivity contribution in [2.45, 2.75) is 42.4 Å². The first-order valence-corrected chi connectivity index (χ1v) is 7.44. The minimum absolute atomic E-state index is 0.419. The van der Waals surface area contributed by atoms with Crippen molar-refractivity contribution in [3.8, 4) is 0 Å². The van der Waals surface area contributed by atoms with E-state index in [1.54, 1.807) is 18.7 Å². The lowest BCUT2D eigenvalue weighted by molar-refractivity contribution is 0.199. The maximum atomic E-state index is 9.44. The summed E-state index contributed by atoms with van der Waals surface area (Å²) in [6, 6.07) is 7.90. The van der Waals surface area contributed by atoms with Gasteiger partial charge in [-0.1, -0.05) is 17.3 Å². The molecule has 1 atom stereocenters. The quantitative estimate of drug-likeness (QED) is 0.849. The Bertz CT molecular complexity index is 547. The number of aliphatic hydroxyl groups is 1.